The second-order valence-corrected chi connectivity index (χ2v) is 5.56. The number of ether oxygens (including phenoxy) is 1. The highest BCUT2D eigenvalue weighted by molar-refractivity contribution is 5.94. The Bertz CT molecular complexity index is 1050. The molecule has 0 atom stereocenters. The third kappa shape index (κ3) is 2.53. The Balaban J connectivity index is 2.01. The van der Waals surface area contributed by atoms with E-state index in [1.54, 1.807) is 16.8 Å². The number of hydrogen-bond donors (Lipinski definition) is 0. The van der Waals surface area contributed by atoms with Gasteiger partial charge >= 0.3 is 0 Å². The topological polar surface area (TPSA) is 55.5 Å². The van der Waals surface area contributed by atoms with Gasteiger partial charge in [0.2, 0.25) is 0 Å². The van der Waals surface area contributed by atoms with E-state index in [0.717, 1.165) is 11.2 Å². The number of halogens is 1. The van der Waals surface area contributed by atoms with Crippen LogP contribution < -0.4 is 9.64 Å². The van der Waals surface area contributed by atoms with Crippen molar-refractivity contribution < 1.29 is 9.13 Å². The molecule has 0 unspecified atom stereocenters. The van der Waals surface area contributed by atoms with Crippen LogP contribution in [0.3, 0.4) is 0 Å². The summed E-state index contributed by atoms with van der Waals surface area (Å²) in [5.41, 5.74) is 1.67. The lowest BCUT2D eigenvalue weighted by Crippen LogP contribution is -2.13. The number of benzene rings is 2. The van der Waals surface area contributed by atoms with E-state index >= 15 is 0 Å². The van der Waals surface area contributed by atoms with E-state index in [0.29, 0.717) is 23.6 Å². The predicted octanol–water partition coefficient (Wildman–Crippen LogP) is 3.58. The molecule has 0 amide bonds. The van der Waals surface area contributed by atoms with Crippen LogP contribution in [-0.4, -0.2) is 33.2 Å². The van der Waals surface area contributed by atoms with Crippen molar-refractivity contribution in [2.24, 2.45) is 0 Å². The summed E-state index contributed by atoms with van der Waals surface area (Å²) in [6, 6.07) is 12.9. The molecule has 4 rings (SSSR count). The van der Waals surface area contributed by atoms with Gasteiger partial charge in [0.05, 0.1) is 12.1 Å². The van der Waals surface area contributed by atoms with Gasteiger partial charge in [-0.25, -0.2) is 4.39 Å². The second-order valence-electron chi connectivity index (χ2n) is 5.56. The van der Waals surface area contributed by atoms with E-state index in [1.165, 1.54) is 6.07 Å². The molecule has 0 fully saturated rings. The Kier molecular flexibility index (Phi) is 3.68. The Morgan fingerprint density at radius 3 is 2.76 bits per heavy atom. The van der Waals surface area contributed by atoms with E-state index in [4.69, 9.17) is 4.74 Å². The van der Waals surface area contributed by atoms with Crippen molar-refractivity contribution in [3.05, 3.63) is 54.6 Å². The Hall–Kier alpha value is -3.22. The van der Waals surface area contributed by atoms with Crippen LogP contribution in [0.25, 0.3) is 16.7 Å². The van der Waals surface area contributed by atoms with Gasteiger partial charge in [-0.05, 0) is 25.1 Å². The normalized spacial score (nSPS) is 11.2. The van der Waals surface area contributed by atoms with Crippen molar-refractivity contribution >= 4 is 28.2 Å². The minimum atomic E-state index is -0.425. The molecule has 0 aliphatic carbocycles. The van der Waals surface area contributed by atoms with E-state index in [9.17, 15) is 4.39 Å². The maximum atomic E-state index is 14.5. The second kappa shape index (κ2) is 6.01. The molecule has 0 aliphatic rings. The average Bonchev–Trinajstić information content (AvgIpc) is 3.11. The molecular weight excluding hydrogens is 321 g/mol. The molecule has 0 aliphatic heterocycles. The van der Waals surface area contributed by atoms with E-state index in [-0.39, 0.29) is 5.75 Å². The molecule has 0 saturated heterocycles. The van der Waals surface area contributed by atoms with Crippen molar-refractivity contribution in [3.8, 4) is 5.75 Å². The number of aromatic nitrogens is 4. The summed E-state index contributed by atoms with van der Waals surface area (Å²) < 4.78 is 21.6. The van der Waals surface area contributed by atoms with E-state index < -0.39 is 5.82 Å². The summed E-state index contributed by atoms with van der Waals surface area (Å²) in [5.74, 6) is 0.818. The van der Waals surface area contributed by atoms with Crippen molar-refractivity contribution in [2.45, 2.75) is 6.92 Å². The van der Waals surface area contributed by atoms with Gasteiger partial charge in [0.15, 0.2) is 11.6 Å². The highest BCUT2D eigenvalue weighted by Crippen LogP contribution is 2.33. The number of nitrogens with zero attached hydrogens (tertiary/aromatic N) is 5. The van der Waals surface area contributed by atoms with Crippen LogP contribution in [-0.2, 0) is 0 Å². The molecule has 2 heterocycles. The maximum absolute atomic E-state index is 14.5. The average molecular weight is 337 g/mol. The quantitative estimate of drug-likeness (QED) is 0.570. The van der Waals surface area contributed by atoms with Gasteiger partial charge in [0, 0.05) is 24.2 Å². The molecule has 0 radical (unpaired) electrons. The zero-order chi connectivity index (χ0) is 17.4. The number of anilines is 2. The fraction of sp³-hybridized carbons (Fsp3) is 0.167. The Morgan fingerprint density at radius 2 is 2.00 bits per heavy atom. The van der Waals surface area contributed by atoms with Crippen LogP contribution in [0.15, 0.2) is 48.8 Å². The summed E-state index contributed by atoms with van der Waals surface area (Å²) in [5, 5.41) is 8.62. The van der Waals surface area contributed by atoms with Crippen LogP contribution in [0.2, 0.25) is 0 Å². The minimum absolute atomic E-state index is 0.199. The molecule has 7 heteroatoms. The van der Waals surface area contributed by atoms with Gasteiger partial charge in [-0.2, -0.15) is 4.98 Å². The first-order chi connectivity index (χ1) is 12.2. The fourth-order valence-electron chi connectivity index (χ4n) is 2.85. The molecule has 0 spiro atoms. The molecule has 4 aromatic rings. The molecular formula is C18H16FN5O. The standard InChI is InChI=1S/C18H16FN5O/c1-3-25-16-10-15-13(9-14(16)19)17(21-18-22-20-11-24(15)18)23(2)12-7-5-4-6-8-12/h4-11H,3H2,1-2H3. The molecule has 25 heavy (non-hydrogen) atoms. The van der Waals surface area contributed by atoms with Gasteiger partial charge in [-0.3, -0.25) is 4.40 Å². The summed E-state index contributed by atoms with van der Waals surface area (Å²) in [4.78, 5) is 6.46. The zero-order valence-electron chi connectivity index (χ0n) is 13.8. The lowest BCUT2D eigenvalue weighted by atomic mass is 10.2. The molecule has 0 saturated carbocycles. The smallest absolute Gasteiger partial charge is 0.257 e. The maximum Gasteiger partial charge on any atom is 0.257 e. The number of hydrogen-bond acceptors (Lipinski definition) is 5. The van der Waals surface area contributed by atoms with Crippen LogP contribution in [0, 0.1) is 5.82 Å². The lowest BCUT2D eigenvalue weighted by molar-refractivity contribution is 0.322. The van der Waals surface area contributed by atoms with Crippen molar-refractivity contribution in [2.75, 3.05) is 18.6 Å². The molecule has 2 aromatic heterocycles. The van der Waals surface area contributed by atoms with Crippen LogP contribution in [0.1, 0.15) is 6.92 Å². The molecule has 6 nitrogen and oxygen atoms in total. The Labute approximate surface area is 143 Å². The van der Waals surface area contributed by atoms with Crippen molar-refractivity contribution in [1.82, 2.24) is 19.6 Å². The molecule has 0 N–H and O–H groups in total. The van der Waals surface area contributed by atoms with Crippen molar-refractivity contribution in [1.29, 1.82) is 0 Å². The number of para-hydroxylation sites is 1. The highest BCUT2D eigenvalue weighted by atomic mass is 19.1. The monoisotopic (exact) mass is 337 g/mol. The van der Waals surface area contributed by atoms with Gasteiger partial charge in [-0.15, -0.1) is 10.2 Å². The lowest BCUT2D eigenvalue weighted by Gasteiger charge is -2.20. The summed E-state index contributed by atoms with van der Waals surface area (Å²) in [6.45, 7) is 2.20. The van der Waals surface area contributed by atoms with Gasteiger partial charge in [0.1, 0.15) is 12.1 Å². The summed E-state index contributed by atoms with van der Waals surface area (Å²) in [7, 11) is 1.89. The summed E-state index contributed by atoms with van der Waals surface area (Å²) >= 11 is 0. The third-order valence-electron chi connectivity index (χ3n) is 4.05. The fourth-order valence-corrected chi connectivity index (χ4v) is 2.85. The zero-order valence-corrected chi connectivity index (χ0v) is 13.8. The SMILES string of the molecule is CCOc1cc2c(cc1F)c(N(C)c1ccccc1)nc1nncn12. The minimum Gasteiger partial charge on any atom is -0.491 e. The van der Waals surface area contributed by atoms with Crippen LogP contribution in [0.4, 0.5) is 15.9 Å². The first-order valence-corrected chi connectivity index (χ1v) is 7.93. The van der Waals surface area contributed by atoms with Crippen LogP contribution >= 0.6 is 0 Å². The molecule has 2 aromatic carbocycles. The number of fused-ring (bicyclic) bond motifs is 3. The molecule has 126 valence electrons. The first kappa shape index (κ1) is 15.3. The Morgan fingerprint density at radius 1 is 1.20 bits per heavy atom. The largest absolute Gasteiger partial charge is 0.491 e. The van der Waals surface area contributed by atoms with Crippen LogP contribution in [0.5, 0.6) is 5.75 Å². The van der Waals surface area contributed by atoms with Gasteiger partial charge in [-0.1, -0.05) is 18.2 Å². The third-order valence-corrected chi connectivity index (χ3v) is 4.05. The van der Waals surface area contributed by atoms with E-state index in [1.807, 2.05) is 49.2 Å². The van der Waals surface area contributed by atoms with Crippen molar-refractivity contribution in [3.63, 3.8) is 0 Å². The highest BCUT2D eigenvalue weighted by Gasteiger charge is 2.17. The number of rotatable bonds is 4. The van der Waals surface area contributed by atoms with Gasteiger partial charge < -0.3 is 9.64 Å². The first-order valence-electron chi connectivity index (χ1n) is 7.93. The predicted molar refractivity (Wildman–Crippen MR) is 93.9 cm³/mol. The van der Waals surface area contributed by atoms with E-state index in [2.05, 4.69) is 15.2 Å². The van der Waals surface area contributed by atoms with Gasteiger partial charge in [0.25, 0.3) is 5.78 Å². The summed E-state index contributed by atoms with van der Waals surface area (Å²) in [6.07, 6.45) is 1.56. The molecule has 0 bridgehead atoms.